The molecular formula is C16H24N4O3. The summed E-state index contributed by atoms with van der Waals surface area (Å²) in [7, 11) is 1.79. The van der Waals surface area contributed by atoms with Crippen LogP contribution < -0.4 is 0 Å². The van der Waals surface area contributed by atoms with Crippen molar-refractivity contribution in [2.75, 3.05) is 32.8 Å². The number of aromatic nitrogens is 2. The maximum absolute atomic E-state index is 12.8. The average molecular weight is 320 g/mol. The molecule has 2 aliphatic rings. The van der Waals surface area contributed by atoms with E-state index in [1.54, 1.807) is 24.1 Å². The van der Waals surface area contributed by atoms with E-state index < -0.39 is 0 Å². The Labute approximate surface area is 136 Å². The van der Waals surface area contributed by atoms with Crippen LogP contribution in [0.2, 0.25) is 0 Å². The van der Waals surface area contributed by atoms with Crippen molar-refractivity contribution in [1.29, 1.82) is 0 Å². The molecule has 3 rings (SSSR count). The summed E-state index contributed by atoms with van der Waals surface area (Å²) >= 11 is 0. The summed E-state index contributed by atoms with van der Waals surface area (Å²) in [5, 5.41) is 4.08. The third-order valence-electron chi connectivity index (χ3n) is 4.93. The highest BCUT2D eigenvalue weighted by molar-refractivity contribution is 5.94. The molecule has 0 atom stereocenters. The second-order valence-corrected chi connectivity index (χ2v) is 6.35. The van der Waals surface area contributed by atoms with Crippen LogP contribution in [0.5, 0.6) is 0 Å². The van der Waals surface area contributed by atoms with Crippen LogP contribution in [0.1, 0.15) is 36.5 Å². The average Bonchev–Trinajstić information content (AvgIpc) is 2.93. The minimum absolute atomic E-state index is 0.0466. The van der Waals surface area contributed by atoms with E-state index in [1.807, 2.05) is 16.7 Å². The Balaban J connectivity index is 1.88. The molecule has 2 aliphatic heterocycles. The predicted octanol–water partition coefficient (Wildman–Crippen LogP) is 0.664. The number of nitrogens with zero attached hydrogens (tertiary/aromatic N) is 4. The SMILES string of the molecule is CCN1C(=O)CCN(C(=O)c2cnn(C)c2)CC12CCOCC2. The predicted molar refractivity (Wildman–Crippen MR) is 83.9 cm³/mol. The molecule has 0 radical (unpaired) electrons. The van der Waals surface area contributed by atoms with Gasteiger partial charge in [0.1, 0.15) is 0 Å². The molecule has 0 saturated carbocycles. The van der Waals surface area contributed by atoms with Crippen LogP contribution in [-0.2, 0) is 16.6 Å². The van der Waals surface area contributed by atoms with Gasteiger partial charge in [-0.25, -0.2) is 0 Å². The zero-order chi connectivity index (χ0) is 16.4. The molecule has 0 aliphatic carbocycles. The topological polar surface area (TPSA) is 67.7 Å². The molecule has 0 aromatic carbocycles. The normalized spacial score (nSPS) is 21.6. The van der Waals surface area contributed by atoms with E-state index in [-0.39, 0.29) is 17.4 Å². The lowest BCUT2D eigenvalue weighted by molar-refractivity contribution is -0.139. The van der Waals surface area contributed by atoms with Crippen molar-refractivity contribution in [2.24, 2.45) is 7.05 Å². The zero-order valence-electron chi connectivity index (χ0n) is 13.8. The molecule has 1 aromatic heterocycles. The highest BCUT2D eigenvalue weighted by atomic mass is 16.5. The van der Waals surface area contributed by atoms with Gasteiger partial charge >= 0.3 is 0 Å². The van der Waals surface area contributed by atoms with Crippen LogP contribution in [-0.4, -0.2) is 69.8 Å². The van der Waals surface area contributed by atoms with E-state index in [0.717, 1.165) is 12.8 Å². The van der Waals surface area contributed by atoms with Crippen molar-refractivity contribution in [3.05, 3.63) is 18.0 Å². The molecule has 1 spiro atoms. The number of aryl methyl sites for hydroxylation is 1. The van der Waals surface area contributed by atoms with E-state index >= 15 is 0 Å². The Morgan fingerprint density at radius 1 is 1.39 bits per heavy atom. The van der Waals surface area contributed by atoms with Crippen LogP contribution in [0.3, 0.4) is 0 Å². The summed E-state index contributed by atoms with van der Waals surface area (Å²) in [6.45, 7) is 4.99. The van der Waals surface area contributed by atoms with Gasteiger partial charge in [-0.3, -0.25) is 14.3 Å². The molecule has 3 heterocycles. The van der Waals surface area contributed by atoms with Crippen molar-refractivity contribution >= 4 is 11.8 Å². The fourth-order valence-corrected chi connectivity index (χ4v) is 3.73. The van der Waals surface area contributed by atoms with E-state index in [2.05, 4.69) is 5.10 Å². The maximum atomic E-state index is 12.8. The molecule has 126 valence electrons. The Morgan fingerprint density at radius 3 is 2.74 bits per heavy atom. The zero-order valence-corrected chi connectivity index (χ0v) is 13.8. The summed E-state index contributed by atoms with van der Waals surface area (Å²) in [4.78, 5) is 29.1. The summed E-state index contributed by atoms with van der Waals surface area (Å²) < 4.78 is 7.12. The Bertz CT molecular complexity index is 592. The van der Waals surface area contributed by atoms with E-state index in [1.165, 1.54) is 0 Å². The van der Waals surface area contributed by atoms with Crippen LogP contribution in [0.25, 0.3) is 0 Å². The first-order chi connectivity index (χ1) is 11.1. The quantitative estimate of drug-likeness (QED) is 0.803. The van der Waals surface area contributed by atoms with Gasteiger partial charge in [-0.2, -0.15) is 5.10 Å². The van der Waals surface area contributed by atoms with Crippen LogP contribution in [0.4, 0.5) is 0 Å². The molecule has 2 amide bonds. The third kappa shape index (κ3) is 2.97. The molecule has 7 heteroatoms. The molecule has 0 N–H and O–H groups in total. The van der Waals surface area contributed by atoms with Gasteiger partial charge in [0.25, 0.3) is 5.91 Å². The summed E-state index contributed by atoms with van der Waals surface area (Å²) in [6.07, 6.45) is 5.25. The highest BCUT2D eigenvalue weighted by Gasteiger charge is 2.44. The monoisotopic (exact) mass is 320 g/mol. The second kappa shape index (κ2) is 6.31. The Hall–Kier alpha value is -1.89. The molecular weight excluding hydrogens is 296 g/mol. The number of likely N-dealkylation sites (N-methyl/N-ethyl adjacent to an activating group) is 1. The third-order valence-corrected chi connectivity index (χ3v) is 4.93. The van der Waals surface area contributed by atoms with Crippen LogP contribution in [0.15, 0.2) is 12.4 Å². The first-order valence-electron chi connectivity index (χ1n) is 8.22. The number of ether oxygens (including phenoxy) is 1. The Morgan fingerprint density at radius 2 is 2.13 bits per heavy atom. The largest absolute Gasteiger partial charge is 0.381 e. The van der Waals surface area contributed by atoms with Gasteiger partial charge in [0.2, 0.25) is 5.91 Å². The standard InChI is InChI=1S/C16H24N4O3/c1-3-20-14(21)4-7-19(12-16(20)5-8-23-9-6-16)15(22)13-10-17-18(2)11-13/h10-11H,3-9,12H2,1-2H3. The van der Waals surface area contributed by atoms with Crippen molar-refractivity contribution in [3.63, 3.8) is 0 Å². The summed E-state index contributed by atoms with van der Waals surface area (Å²) in [5.41, 5.74) is 0.283. The van der Waals surface area contributed by atoms with Gasteiger partial charge in [0, 0.05) is 52.5 Å². The molecule has 2 saturated heterocycles. The molecule has 2 fully saturated rings. The van der Waals surface area contributed by atoms with Gasteiger partial charge in [-0.1, -0.05) is 0 Å². The second-order valence-electron chi connectivity index (χ2n) is 6.35. The first-order valence-corrected chi connectivity index (χ1v) is 8.22. The van der Waals surface area contributed by atoms with Crippen molar-refractivity contribution < 1.29 is 14.3 Å². The maximum Gasteiger partial charge on any atom is 0.257 e. The number of carbonyl (C=O) groups is 2. The van der Waals surface area contributed by atoms with E-state index in [0.29, 0.717) is 44.8 Å². The fraction of sp³-hybridized carbons (Fsp3) is 0.688. The number of hydrogen-bond acceptors (Lipinski definition) is 4. The van der Waals surface area contributed by atoms with Gasteiger partial charge in [0.15, 0.2) is 0 Å². The lowest BCUT2D eigenvalue weighted by Gasteiger charge is -2.46. The number of rotatable bonds is 2. The summed E-state index contributed by atoms with van der Waals surface area (Å²) in [6, 6.07) is 0. The lowest BCUT2D eigenvalue weighted by atomic mass is 9.87. The number of amides is 2. The Kier molecular flexibility index (Phi) is 4.39. The van der Waals surface area contributed by atoms with Gasteiger partial charge in [0.05, 0.1) is 17.3 Å². The number of hydrogen-bond donors (Lipinski definition) is 0. The van der Waals surface area contributed by atoms with Crippen molar-refractivity contribution in [2.45, 2.75) is 31.7 Å². The summed E-state index contributed by atoms with van der Waals surface area (Å²) in [5.74, 6) is 0.0885. The minimum Gasteiger partial charge on any atom is -0.381 e. The minimum atomic E-state index is -0.293. The first kappa shape index (κ1) is 16.0. The molecule has 23 heavy (non-hydrogen) atoms. The smallest absolute Gasteiger partial charge is 0.257 e. The van der Waals surface area contributed by atoms with Gasteiger partial charge < -0.3 is 14.5 Å². The van der Waals surface area contributed by atoms with Gasteiger partial charge in [-0.15, -0.1) is 0 Å². The lowest BCUT2D eigenvalue weighted by Crippen LogP contribution is -2.58. The molecule has 1 aromatic rings. The van der Waals surface area contributed by atoms with Crippen molar-refractivity contribution in [1.82, 2.24) is 19.6 Å². The molecule has 0 unspecified atom stereocenters. The van der Waals surface area contributed by atoms with E-state index in [4.69, 9.17) is 4.74 Å². The molecule has 0 bridgehead atoms. The highest BCUT2D eigenvalue weighted by Crippen LogP contribution is 2.32. The van der Waals surface area contributed by atoms with Crippen LogP contribution >= 0.6 is 0 Å². The van der Waals surface area contributed by atoms with Crippen LogP contribution in [0, 0.1) is 0 Å². The van der Waals surface area contributed by atoms with Crippen molar-refractivity contribution in [3.8, 4) is 0 Å². The van der Waals surface area contributed by atoms with Gasteiger partial charge in [-0.05, 0) is 19.8 Å². The molecule has 7 nitrogen and oxygen atoms in total. The van der Waals surface area contributed by atoms with E-state index in [9.17, 15) is 9.59 Å². The number of carbonyl (C=O) groups excluding carboxylic acids is 2. The fourth-order valence-electron chi connectivity index (χ4n) is 3.73.